The average Bonchev–Trinajstić information content (AvgIpc) is 2.78. The molecule has 2 aromatic carbocycles. The first kappa shape index (κ1) is 22.5. The monoisotopic (exact) mass is 439 g/mol. The van der Waals surface area contributed by atoms with E-state index in [0.29, 0.717) is 17.9 Å². The average molecular weight is 440 g/mol. The number of methoxy groups -OCH3 is 1. The van der Waals surface area contributed by atoms with E-state index >= 15 is 0 Å². The minimum Gasteiger partial charge on any atom is -0.497 e. The quantitative estimate of drug-likeness (QED) is 0.534. The molecule has 0 aliphatic rings. The van der Waals surface area contributed by atoms with Gasteiger partial charge in [-0.05, 0) is 48.4 Å². The maximum atomic E-state index is 12.9. The molecule has 0 spiro atoms. The molecular weight excluding hydrogens is 414 g/mol. The Labute approximate surface area is 182 Å². The lowest BCUT2D eigenvalue weighted by Gasteiger charge is -2.19. The van der Waals surface area contributed by atoms with Crippen LogP contribution in [-0.4, -0.2) is 26.4 Å². The molecule has 0 aliphatic heterocycles. The van der Waals surface area contributed by atoms with Crippen molar-refractivity contribution in [3.63, 3.8) is 0 Å². The predicted molar refractivity (Wildman–Crippen MR) is 118 cm³/mol. The predicted octanol–water partition coefficient (Wildman–Crippen LogP) is 3.12. The number of sulfonamides is 1. The summed E-state index contributed by atoms with van der Waals surface area (Å²) in [5, 5.41) is 2.82. The first-order valence-corrected chi connectivity index (χ1v) is 11.2. The van der Waals surface area contributed by atoms with E-state index in [-0.39, 0.29) is 17.2 Å². The summed E-state index contributed by atoms with van der Waals surface area (Å²) in [6.45, 7) is 2.20. The fraction of sp³-hybridized carbons (Fsp3) is 0.217. The highest BCUT2D eigenvalue weighted by atomic mass is 32.2. The molecule has 0 bridgehead atoms. The number of carbonyl (C=O) groups is 1. The molecule has 0 aliphatic carbocycles. The second kappa shape index (κ2) is 10.2. The summed E-state index contributed by atoms with van der Waals surface area (Å²) in [7, 11) is -2.27. The van der Waals surface area contributed by atoms with Crippen molar-refractivity contribution in [1.82, 2.24) is 15.0 Å². The van der Waals surface area contributed by atoms with Gasteiger partial charge in [0.1, 0.15) is 5.75 Å². The molecule has 2 N–H and O–H groups in total. The van der Waals surface area contributed by atoms with Crippen molar-refractivity contribution in [2.45, 2.75) is 30.8 Å². The Kier molecular flexibility index (Phi) is 7.38. The van der Waals surface area contributed by atoms with Gasteiger partial charge in [0, 0.05) is 25.4 Å². The Bertz CT molecular complexity index is 1100. The van der Waals surface area contributed by atoms with Crippen molar-refractivity contribution in [3.8, 4) is 5.75 Å². The molecule has 1 atom stereocenters. The first-order chi connectivity index (χ1) is 14.9. The molecule has 8 heteroatoms. The van der Waals surface area contributed by atoms with Crippen LogP contribution in [0.5, 0.6) is 5.75 Å². The molecule has 162 valence electrons. The standard InChI is InChI=1S/C23H25N3O4S/c1-17-5-11-21(12-6-17)31(28,29)26-22(19-7-9-20(30-2)10-8-19)14-23(27)25-16-18-4-3-13-24-15-18/h3-13,15,22,26H,14,16H2,1-2H3,(H,25,27). The zero-order chi connectivity index (χ0) is 22.3. The maximum absolute atomic E-state index is 12.9. The molecule has 0 saturated heterocycles. The Balaban J connectivity index is 1.78. The highest BCUT2D eigenvalue weighted by Crippen LogP contribution is 2.23. The number of pyridine rings is 1. The van der Waals surface area contributed by atoms with E-state index in [0.717, 1.165) is 11.1 Å². The number of ether oxygens (including phenoxy) is 1. The number of aryl methyl sites for hydroxylation is 1. The third kappa shape index (κ3) is 6.37. The van der Waals surface area contributed by atoms with Crippen LogP contribution in [-0.2, 0) is 21.4 Å². The topological polar surface area (TPSA) is 97.4 Å². The summed E-state index contributed by atoms with van der Waals surface area (Å²) < 4.78 is 33.7. The van der Waals surface area contributed by atoms with E-state index in [1.165, 1.54) is 0 Å². The Morgan fingerprint density at radius 2 is 1.77 bits per heavy atom. The van der Waals surface area contributed by atoms with Crippen LogP contribution < -0.4 is 14.8 Å². The summed E-state index contributed by atoms with van der Waals surface area (Å²) >= 11 is 0. The third-order valence-corrected chi connectivity index (χ3v) is 6.24. The molecule has 7 nitrogen and oxygen atoms in total. The fourth-order valence-corrected chi connectivity index (χ4v) is 4.22. The molecular formula is C23H25N3O4S. The molecule has 3 rings (SSSR count). The van der Waals surface area contributed by atoms with E-state index in [2.05, 4.69) is 15.0 Å². The minimum absolute atomic E-state index is 0.0579. The number of hydrogen-bond acceptors (Lipinski definition) is 5. The molecule has 1 heterocycles. The van der Waals surface area contributed by atoms with Gasteiger partial charge in [0.2, 0.25) is 15.9 Å². The van der Waals surface area contributed by atoms with Crippen LogP contribution in [0.4, 0.5) is 0 Å². The zero-order valence-electron chi connectivity index (χ0n) is 17.4. The van der Waals surface area contributed by atoms with Crippen molar-refractivity contribution in [1.29, 1.82) is 0 Å². The van der Waals surface area contributed by atoms with Gasteiger partial charge in [0.05, 0.1) is 18.0 Å². The van der Waals surface area contributed by atoms with Crippen molar-refractivity contribution in [2.75, 3.05) is 7.11 Å². The number of amides is 1. The van der Waals surface area contributed by atoms with Crippen LogP contribution in [0.1, 0.15) is 29.2 Å². The molecule has 0 saturated carbocycles. The molecule has 3 aromatic rings. The number of nitrogens with one attached hydrogen (secondary N) is 2. The Morgan fingerprint density at radius 1 is 1.06 bits per heavy atom. The minimum atomic E-state index is -3.82. The van der Waals surface area contributed by atoms with Crippen LogP contribution in [0, 0.1) is 6.92 Å². The van der Waals surface area contributed by atoms with Crippen molar-refractivity contribution in [2.24, 2.45) is 0 Å². The third-order valence-electron chi connectivity index (χ3n) is 4.75. The summed E-state index contributed by atoms with van der Waals surface area (Å²) in [6, 6.07) is 16.4. The molecule has 1 unspecified atom stereocenters. The van der Waals surface area contributed by atoms with Crippen molar-refractivity contribution < 1.29 is 17.9 Å². The van der Waals surface area contributed by atoms with Crippen LogP contribution in [0.3, 0.4) is 0 Å². The van der Waals surface area contributed by atoms with Gasteiger partial charge < -0.3 is 10.1 Å². The first-order valence-electron chi connectivity index (χ1n) is 9.76. The molecule has 0 radical (unpaired) electrons. The van der Waals surface area contributed by atoms with Crippen molar-refractivity contribution >= 4 is 15.9 Å². The summed E-state index contributed by atoms with van der Waals surface area (Å²) in [5.74, 6) is 0.362. The van der Waals surface area contributed by atoms with Gasteiger partial charge >= 0.3 is 0 Å². The Morgan fingerprint density at radius 3 is 2.39 bits per heavy atom. The lowest BCUT2D eigenvalue weighted by atomic mass is 10.0. The highest BCUT2D eigenvalue weighted by Gasteiger charge is 2.24. The van der Waals surface area contributed by atoms with Gasteiger partial charge in [-0.1, -0.05) is 35.9 Å². The summed E-state index contributed by atoms with van der Waals surface area (Å²) in [4.78, 5) is 16.8. The van der Waals surface area contributed by atoms with E-state index < -0.39 is 16.1 Å². The van der Waals surface area contributed by atoms with E-state index in [9.17, 15) is 13.2 Å². The number of aromatic nitrogens is 1. The number of hydrogen-bond donors (Lipinski definition) is 2. The van der Waals surface area contributed by atoms with Gasteiger partial charge in [0.15, 0.2) is 0 Å². The lowest BCUT2D eigenvalue weighted by molar-refractivity contribution is -0.121. The SMILES string of the molecule is COc1ccc(C(CC(=O)NCc2cccnc2)NS(=O)(=O)c2ccc(C)cc2)cc1. The zero-order valence-corrected chi connectivity index (χ0v) is 18.2. The smallest absolute Gasteiger partial charge is 0.241 e. The largest absolute Gasteiger partial charge is 0.497 e. The van der Waals surface area contributed by atoms with Crippen LogP contribution >= 0.6 is 0 Å². The normalized spacial score (nSPS) is 12.2. The van der Waals surface area contributed by atoms with Crippen LogP contribution in [0.15, 0.2) is 78.0 Å². The molecule has 0 fully saturated rings. The fourth-order valence-electron chi connectivity index (χ4n) is 3.00. The van der Waals surface area contributed by atoms with Gasteiger partial charge in [-0.15, -0.1) is 0 Å². The second-order valence-corrected chi connectivity index (χ2v) is 8.82. The van der Waals surface area contributed by atoms with E-state index in [1.54, 1.807) is 74.1 Å². The highest BCUT2D eigenvalue weighted by molar-refractivity contribution is 7.89. The van der Waals surface area contributed by atoms with Crippen molar-refractivity contribution in [3.05, 3.63) is 89.7 Å². The molecule has 1 amide bonds. The Hall–Kier alpha value is -3.23. The van der Waals surface area contributed by atoms with Gasteiger partial charge in [-0.3, -0.25) is 9.78 Å². The number of rotatable bonds is 9. The molecule has 1 aromatic heterocycles. The van der Waals surface area contributed by atoms with Gasteiger partial charge in [0.25, 0.3) is 0 Å². The maximum Gasteiger partial charge on any atom is 0.241 e. The summed E-state index contributed by atoms with van der Waals surface area (Å²) in [5.41, 5.74) is 2.48. The second-order valence-electron chi connectivity index (χ2n) is 7.10. The van der Waals surface area contributed by atoms with E-state index in [1.807, 2.05) is 13.0 Å². The van der Waals surface area contributed by atoms with Crippen LogP contribution in [0.2, 0.25) is 0 Å². The number of benzene rings is 2. The summed E-state index contributed by atoms with van der Waals surface area (Å²) in [6.07, 6.45) is 3.27. The molecule has 31 heavy (non-hydrogen) atoms. The van der Waals surface area contributed by atoms with Gasteiger partial charge in [-0.25, -0.2) is 13.1 Å². The van der Waals surface area contributed by atoms with Gasteiger partial charge in [-0.2, -0.15) is 0 Å². The van der Waals surface area contributed by atoms with E-state index in [4.69, 9.17) is 4.74 Å². The lowest BCUT2D eigenvalue weighted by Crippen LogP contribution is -2.33. The van der Waals surface area contributed by atoms with Crippen LogP contribution in [0.25, 0.3) is 0 Å². The number of nitrogens with zero attached hydrogens (tertiary/aromatic N) is 1. The number of carbonyl (C=O) groups excluding carboxylic acids is 1.